The van der Waals surface area contributed by atoms with Gasteiger partial charge in [-0.2, -0.15) is 0 Å². The lowest BCUT2D eigenvalue weighted by Gasteiger charge is -2.35. The van der Waals surface area contributed by atoms with Gasteiger partial charge in [0.25, 0.3) is 0 Å². The predicted octanol–water partition coefficient (Wildman–Crippen LogP) is 3.31. The summed E-state index contributed by atoms with van der Waals surface area (Å²) in [6.07, 6.45) is 17.0. The molecule has 3 atom stereocenters. The first-order valence-corrected chi connectivity index (χ1v) is 5.25. The molecule has 0 aromatic carbocycles. The SMILES string of the molecule is C1=CC2(CCC1)CC1C=CC2C1. The van der Waals surface area contributed by atoms with E-state index in [0.29, 0.717) is 5.41 Å². The first-order valence-electron chi connectivity index (χ1n) is 5.25. The minimum Gasteiger partial charge on any atom is -0.0880 e. The molecule has 3 aliphatic rings. The fourth-order valence-electron chi connectivity index (χ4n) is 3.42. The zero-order valence-electron chi connectivity index (χ0n) is 7.50. The van der Waals surface area contributed by atoms with E-state index < -0.39 is 0 Å². The second-order valence-electron chi connectivity index (χ2n) is 4.72. The van der Waals surface area contributed by atoms with Gasteiger partial charge in [0.2, 0.25) is 0 Å². The maximum Gasteiger partial charge on any atom is -0.00496 e. The molecule has 0 saturated heterocycles. The molecule has 0 radical (unpaired) electrons. The second kappa shape index (κ2) is 2.25. The van der Waals surface area contributed by atoms with E-state index in [1.54, 1.807) is 0 Å². The Labute approximate surface area is 74.4 Å². The summed E-state index contributed by atoms with van der Waals surface area (Å²) in [6.45, 7) is 0. The Kier molecular flexibility index (Phi) is 1.30. The first kappa shape index (κ1) is 6.94. The summed E-state index contributed by atoms with van der Waals surface area (Å²) in [6, 6.07) is 0. The van der Waals surface area contributed by atoms with Gasteiger partial charge in [0, 0.05) is 0 Å². The molecule has 12 heavy (non-hydrogen) atoms. The van der Waals surface area contributed by atoms with E-state index in [1.165, 1.54) is 32.1 Å². The molecule has 3 unspecified atom stereocenters. The number of hydrogen-bond acceptors (Lipinski definition) is 0. The highest BCUT2D eigenvalue weighted by Crippen LogP contribution is 2.56. The molecular weight excluding hydrogens is 144 g/mol. The van der Waals surface area contributed by atoms with Gasteiger partial charge in [-0.05, 0) is 49.4 Å². The zero-order valence-corrected chi connectivity index (χ0v) is 7.50. The third-order valence-electron chi connectivity index (χ3n) is 4.02. The predicted molar refractivity (Wildman–Crippen MR) is 50.8 cm³/mol. The molecule has 0 heteroatoms. The van der Waals surface area contributed by atoms with Crippen molar-refractivity contribution in [1.82, 2.24) is 0 Å². The van der Waals surface area contributed by atoms with Crippen molar-refractivity contribution in [2.75, 3.05) is 0 Å². The van der Waals surface area contributed by atoms with E-state index in [2.05, 4.69) is 24.3 Å². The molecule has 0 aliphatic heterocycles. The van der Waals surface area contributed by atoms with Crippen molar-refractivity contribution in [3.8, 4) is 0 Å². The van der Waals surface area contributed by atoms with E-state index >= 15 is 0 Å². The third kappa shape index (κ3) is 0.784. The van der Waals surface area contributed by atoms with Crippen LogP contribution < -0.4 is 0 Å². The molecule has 3 rings (SSSR count). The summed E-state index contributed by atoms with van der Waals surface area (Å²) in [5.74, 6) is 1.83. The largest absolute Gasteiger partial charge is 0.0880 e. The van der Waals surface area contributed by atoms with Crippen LogP contribution in [0.1, 0.15) is 32.1 Å². The van der Waals surface area contributed by atoms with Gasteiger partial charge in [-0.1, -0.05) is 24.3 Å². The Hall–Kier alpha value is -0.520. The van der Waals surface area contributed by atoms with Gasteiger partial charge in [-0.25, -0.2) is 0 Å². The summed E-state index contributed by atoms with van der Waals surface area (Å²) in [7, 11) is 0. The average Bonchev–Trinajstić information content (AvgIpc) is 2.65. The van der Waals surface area contributed by atoms with Gasteiger partial charge in [-0.15, -0.1) is 0 Å². The normalized spacial score (nSPS) is 49.3. The monoisotopic (exact) mass is 160 g/mol. The fourth-order valence-corrected chi connectivity index (χ4v) is 3.42. The topological polar surface area (TPSA) is 0 Å². The minimum absolute atomic E-state index is 0.623. The Bertz CT molecular complexity index is 249. The molecule has 1 saturated carbocycles. The molecule has 3 aliphatic carbocycles. The first-order chi connectivity index (χ1) is 5.89. The van der Waals surface area contributed by atoms with Crippen LogP contribution in [-0.2, 0) is 0 Å². The van der Waals surface area contributed by atoms with Crippen molar-refractivity contribution >= 4 is 0 Å². The number of allylic oxidation sites excluding steroid dienone is 4. The van der Waals surface area contributed by atoms with Crippen molar-refractivity contribution in [3.05, 3.63) is 24.3 Å². The smallest absolute Gasteiger partial charge is 0.00496 e. The Morgan fingerprint density at radius 2 is 2.25 bits per heavy atom. The molecule has 0 aromatic rings. The lowest BCUT2D eigenvalue weighted by Crippen LogP contribution is -2.24. The maximum atomic E-state index is 2.53. The Morgan fingerprint density at radius 3 is 2.83 bits per heavy atom. The molecule has 0 aromatic heterocycles. The number of hydrogen-bond donors (Lipinski definition) is 0. The van der Waals surface area contributed by atoms with Crippen LogP contribution in [-0.4, -0.2) is 0 Å². The van der Waals surface area contributed by atoms with Crippen LogP contribution >= 0.6 is 0 Å². The molecule has 1 fully saturated rings. The van der Waals surface area contributed by atoms with Crippen molar-refractivity contribution in [1.29, 1.82) is 0 Å². The fraction of sp³-hybridized carbons (Fsp3) is 0.667. The van der Waals surface area contributed by atoms with E-state index in [4.69, 9.17) is 0 Å². The van der Waals surface area contributed by atoms with Gasteiger partial charge in [-0.3, -0.25) is 0 Å². The van der Waals surface area contributed by atoms with Gasteiger partial charge in [0.15, 0.2) is 0 Å². The van der Waals surface area contributed by atoms with E-state index in [0.717, 1.165) is 11.8 Å². The van der Waals surface area contributed by atoms with E-state index in [9.17, 15) is 0 Å². The molecular formula is C12H16. The van der Waals surface area contributed by atoms with Gasteiger partial charge in [0.05, 0.1) is 0 Å². The number of fused-ring (bicyclic) bond motifs is 3. The molecule has 2 bridgehead atoms. The molecule has 0 nitrogen and oxygen atoms in total. The van der Waals surface area contributed by atoms with Crippen LogP contribution in [0.5, 0.6) is 0 Å². The van der Waals surface area contributed by atoms with Crippen LogP contribution in [0.4, 0.5) is 0 Å². The van der Waals surface area contributed by atoms with Crippen molar-refractivity contribution in [3.63, 3.8) is 0 Å². The van der Waals surface area contributed by atoms with Crippen molar-refractivity contribution < 1.29 is 0 Å². The summed E-state index contributed by atoms with van der Waals surface area (Å²) in [4.78, 5) is 0. The Morgan fingerprint density at radius 1 is 1.25 bits per heavy atom. The lowest BCUT2D eigenvalue weighted by molar-refractivity contribution is 0.271. The second-order valence-corrected chi connectivity index (χ2v) is 4.72. The Balaban J connectivity index is 1.96. The molecule has 64 valence electrons. The maximum absolute atomic E-state index is 2.53. The third-order valence-corrected chi connectivity index (χ3v) is 4.02. The molecule has 0 amide bonds. The molecule has 0 heterocycles. The lowest BCUT2D eigenvalue weighted by atomic mass is 9.70. The highest BCUT2D eigenvalue weighted by atomic mass is 14.5. The minimum atomic E-state index is 0.623. The van der Waals surface area contributed by atoms with Gasteiger partial charge >= 0.3 is 0 Å². The van der Waals surface area contributed by atoms with Crippen LogP contribution in [0.25, 0.3) is 0 Å². The highest BCUT2D eigenvalue weighted by Gasteiger charge is 2.46. The van der Waals surface area contributed by atoms with Crippen molar-refractivity contribution in [2.45, 2.75) is 32.1 Å². The highest BCUT2D eigenvalue weighted by molar-refractivity contribution is 5.22. The van der Waals surface area contributed by atoms with E-state index in [1.807, 2.05) is 0 Å². The van der Waals surface area contributed by atoms with Crippen LogP contribution in [0.2, 0.25) is 0 Å². The molecule has 1 spiro atoms. The zero-order chi connectivity index (χ0) is 8.02. The van der Waals surface area contributed by atoms with Crippen LogP contribution in [0, 0.1) is 17.3 Å². The van der Waals surface area contributed by atoms with Crippen molar-refractivity contribution in [2.24, 2.45) is 17.3 Å². The van der Waals surface area contributed by atoms with Gasteiger partial charge in [0.1, 0.15) is 0 Å². The van der Waals surface area contributed by atoms with E-state index in [-0.39, 0.29) is 0 Å². The summed E-state index contributed by atoms with van der Waals surface area (Å²) in [5, 5.41) is 0. The number of rotatable bonds is 0. The molecule has 0 N–H and O–H groups in total. The van der Waals surface area contributed by atoms with Crippen LogP contribution in [0.3, 0.4) is 0 Å². The summed E-state index contributed by atoms with van der Waals surface area (Å²) >= 11 is 0. The standard InChI is InChI=1S/C12H16/c1-2-6-12(7-3-1)9-10-4-5-11(12)8-10/h2,4-6,10-11H,1,3,7-9H2. The average molecular weight is 160 g/mol. The quantitative estimate of drug-likeness (QED) is 0.477. The van der Waals surface area contributed by atoms with Crippen LogP contribution in [0.15, 0.2) is 24.3 Å². The summed E-state index contributed by atoms with van der Waals surface area (Å²) in [5.41, 5.74) is 0.623. The summed E-state index contributed by atoms with van der Waals surface area (Å²) < 4.78 is 0. The van der Waals surface area contributed by atoms with Gasteiger partial charge < -0.3 is 0 Å².